The minimum Gasteiger partial charge on any atom is -0.495 e. The van der Waals surface area contributed by atoms with Gasteiger partial charge in [0.15, 0.2) is 0 Å². The summed E-state index contributed by atoms with van der Waals surface area (Å²) in [6, 6.07) is 9.84. The molecule has 10 heteroatoms. The average molecular weight is 492 g/mol. The van der Waals surface area contributed by atoms with Crippen LogP contribution in [0, 0.1) is 5.82 Å². The largest absolute Gasteiger partial charge is 0.495 e. The molecule has 1 saturated heterocycles. The van der Waals surface area contributed by atoms with Crippen molar-refractivity contribution in [2.45, 2.75) is 43.5 Å². The molecule has 1 fully saturated rings. The molecule has 1 aliphatic rings. The Balaban J connectivity index is 1.59. The minimum absolute atomic E-state index is 0.0380. The van der Waals surface area contributed by atoms with Crippen molar-refractivity contribution in [1.29, 1.82) is 0 Å². The van der Waals surface area contributed by atoms with Gasteiger partial charge in [-0.05, 0) is 55.7 Å². The number of methoxy groups -OCH3 is 1. The number of nitrogens with zero attached hydrogens (tertiary/aromatic N) is 1. The number of piperidine rings is 1. The maximum atomic E-state index is 13.3. The Bertz CT molecular complexity index is 1120. The van der Waals surface area contributed by atoms with E-state index in [0.29, 0.717) is 12.1 Å². The summed E-state index contributed by atoms with van der Waals surface area (Å²) in [6.45, 7) is 2.66. The van der Waals surface area contributed by atoms with Crippen LogP contribution in [0.1, 0.15) is 42.1 Å². The van der Waals surface area contributed by atoms with E-state index >= 15 is 0 Å². The average Bonchev–Trinajstić information content (AvgIpc) is 2.83. The third kappa shape index (κ3) is 6.32. The van der Waals surface area contributed by atoms with E-state index < -0.39 is 15.9 Å². The summed E-state index contributed by atoms with van der Waals surface area (Å²) in [6.07, 6.45) is 2.66. The van der Waals surface area contributed by atoms with Crippen LogP contribution in [0.25, 0.3) is 0 Å². The molecule has 1 unspecified atom stereocenters. The van der Waals surface area contributed by atoms with Gasteiger partial charge >= 0.3 is 0 Å². The molecule has 1 aliphatic heterocycles. The van der Waals surface area contributed by atoms with Crippen LogP contribution in [0.3, 0.4) is 0 Å². The van der Waals surface area contributed by atoms with E-state index in [1.54, 1.807) is 0 Å². The molecule has 1 atom stereocenters. The molecule has 0 radical (unpaired) electrons. The molecular formula is C24H30FN3O5S. The number of hydrogen-bond acceptors (Lipinski definition) is 5. The highest BCUT2D eigenvalue weighted by Gasteiger charge is 2.33. The van der Waals surface area contributed by atoms with Gasteiger partial charge in [-0.15, -0.1) is 0 Å². The fourth-order valence-corrected chi connectivity index (χ4v) is 5.79. The molecular weight excluding hydrogens is 461 g/mol. The number of carbonyl (C=O) groups excluding carboxylic acids is 2. The van der Waals surface area contributed by atoms with E-state index in [1.165, 1.54) is 53.9 Å². The second kappa shape index (κ2) is 11.4. The summed E-state index contributed by atoms with van der Waals surface area (Å²) < 4.78 is 46.3. The van der Waals surface area contributed by atoms with Crippen LogP contribution in [0.5, 0.6) is 5.75 Å². The summed E-state index contributed by atoms with van der Waals surface area (Å²) in [7, 11) is -2.44. The molecule has 34 heavy (non-hydrogen) atoms. The molecule has 0 aliphatic carbocycles. The zero-order valence-corrected chi connectivity index (χ0v) is 20.2. The van der Waals surface area contributed by atoms with Crippen molar-refractivity contribution in [2.75, 3.05) is 26.7 Å². The van der Waals surface area contributed by atoms with E-state index in [2.05, 4.69) is 10.6 Å². The van der Waals surface area contributed by atoms with Gasteiger partial charge in [0, 0.05) is 31.2 Å². The first-order chi connectivity index (χ1) is 16.2. The number of amides is 2. The smallest absolute Gasteiger partial charge is 0.251 e. The Morgan fingerprint density at radius 3 is 2.47 bits per heavy atom. The van der Waals surface area contributed by atoms with Crippen molar-refractivity contribution in [3.63, 3.8) is 0 Å². The number of sulfonamides is 1. The van der Waals surface area contributed by atoms with Gasteiger partial charge in [0.1, 0.15) is 16.5 Å². The zero-order valence-electron chi connectivity index (χ0n) is 19.3. The van der Waals surface area contributed by atoms with E-state index in [-0.39, 0.29) is 53.5 Å². The first-order valence-corrected chi connectivity index (χ1v) is 12.7. The highest BCUT2D eigenvalue weighted by atomic mass is 32.2. The number of nitrogens with one attached hydrogen (secondary N) is 2. The van der Waals surface area contributed by atoms with Crippen LogP contribution >= 0.6 is 0 Å². The van der Waals surface area contributed by atoms with Gasteiger partial charge < -0.3 is 15.4 Å². The predicted molar refractivity (Wildman–Crippen MR) is 126 cm³/mol. The lowest BCUT2D eigenvalue weighted by molar-refractivity contribution is -0.120. The number of hydrogen-bond donors (Lipinski definition) is 2. The SMILES string of the molecule is COc1ccc(C(=O)NCCNC(=O)Cc2ccc(F)cc2)cc1S(=O)(=O)N1CCCCC1C. The van der Waals surface area contributed by atoms with Crippen molar-refractivity contribution >= 4 is 21.8 Å². The molecule has 0 aromatic heterocycles. The molecule has 2 amide bonds. The predicted octanol–water partition coefficient (Wildman–Crippen LogP) is 2.49. The van der Waals surface area contributed by atoms with E-state index in [0.717, 1.165) is 19.3 Å². The van der Waals surface area contributed by atoms with Crippen molar-refractivity contribution < 1.29 is 27.1 Å². The van der Waals surface area contributed by atoms with Gasteiger partial charge in [0.2, 0.25) is 15.9 Å². The number of carbonyl (C=O) groups is 2. The van der Waals surface area contributed by atoms with Crippen LogP contribution < -0.4 is 15.4 Å². The lowest BCUT2D eigenvalue weighted by Crippen LogP contribution is -2.42. The number of benzene rings is 2. The van der Waals surface area contributed by atoms with Crippen molar-refractivity contribution in [3.8, 4) is 5.75 Å². The fourth-order valence-electron chi connectivity index (χ4n) is 3.90. The van der Waals surface area contributed by atoms with E-state index in [9.17, 15) is 22.4 Å². The van der Waals surface area contributed by atoms with Crippen LogP contribution in [-0.2, 0) is 21.2 Å². The summed E-state index contributed by atoms with van der Waals surface area (Å²) in [5, 5.41) is 5.36. The number of halogens is 1. The van der Waals surface area contributed by atoms with Crippen LogP contribution in [0.2, 0.25) is 0 Å². The normalized spacial score (nSPS) is 16.6. The Kier molecular flexibility index (Phi) is 8.62. The third-order valence-electron chi connectivity index (χ3n) is 5.77. The minimum atomic E-state index is -3.83. The maximum Gasteiger partial charge on any atom is 0.251 e. The molecule has 0 bridgehead atoms. The van der Waals surface area contributed by atoms with Crippen LogP contribution in [0.15, 0.2) is 47.4 Å². The van der Waals surface area contributed by atoms with Gasteiger partial charge in [-0.25, -0.2) is 12.8 Å². The second-order valence-corrected chi connectivity index (χ2v) is 10.1. The first-order valence-electron chi connectivity index (χ1n) is 11.2. The first kappa shape index (κ1) is 25.6. The molecule has 184 valence electrons. The molecule has 0 saturated carbocycles. The Labute approximate surface area is 199 Å². The van der Waals surface area contributed by atoms with Gasteiger partial charge in [0.25, 0.3) is 5.91 Å². The van der Waals surface area contributed by atoms with Gasteiger partial charge in [-0.1, -0.05) is 18.6 Å². The molecule has 2 aromatic rings. The summed E-state index contributed by atoms with van der Waals surface area (Å²) in [5.74, 6) is -0.901. The maximum absolute atomic E-state index is 13.3. The zero-order chi connectivity index (χ0) is 24.7. The van der Waals surface area contributed by atoms with Crippen molar-refractivity contribution in [2.24, 2.45) is 0 Å². The molecule has 8 nitrogen and oxygen atoms in total. The van der Waals surface area contributed by atoms with Gasteiger partial charge in [0.05, 0.1) is 13.5 Å². The molecule has 2 aromatic carbocycles. The number of ether oxygens (including phenoxy) is 1. The summed E-state index contributed by atoms with van der Waals surface area (Å²) in [4.78, 5) is 24.6. The van der Waals surface area contributed by atoms with Gasteiger partial charge in [-0.3, -0.25) is 9.59 Å². The highest BCUT2D eigenvalue weighted by Crippen LogP contribution is 2.31. The summed E-state index contributed by atoms with van der Waals surface area (Å²) >= 11 is 0. The van der Waals surface area contributed by atoms with Crippen molar-refractivity contribution in [1.82, 2.24) is 14.9 Å². The molecule has 2 N–H and O–H groups in total. The lowest BCUT2D eigenvalue weighted by Gasteiger charge is -2.32. The summed E-state index contributed by atoms with van der Waals surface area (Å²) in [5.41, 5.74) is 0.861. The van der Waals surface area contributed by atoms with Crippen LogP contribution in [0.4, 0.5) is 4.39 Å². The second-order valence-electron chi connectivity index (χ2n) is 8.24. The molecule has 3 rings (SSSR count). The third-order valence-corrected chi connectivity index (χ3v) is 7.80. The van der Waals surface area contributed by atoms with E-state index in [1.807, 2.05) is 6.92 Å². The number of rotatable bonds is 9. The fraction of sp³-hybridized carbons (Fsp3) is 0.417. The molecule has 1 heterocycles. The van der Waals surface area contributed by atoms with Gasteiger partial charge in [-0.2, -0.15) is 4.31 Å². The monoisotopic (exact) mass is 491 g/mol. The standard InChI is InChI=1S/C24H30FN3O5S/c1-17-5-3-4-14-28(17)34(31,32)22-16-19(8-11-21(22)33-2)24(30)27-13-12-26-23(29)15-18-6-9-20(25)10-7-18/h6-11,16-17H,3-5,12-15H2,1-2H3,(H,26,29)(H,27,30). The lowest BCUT2D eigenvalue weighted by atomic mass is 10.1. The topological polar surface area (TPSA) is 105 Å². The Morgan fingerprint density at radius 1 is 1.09 bits per heavy atom. The quantitative estimate of drug-likeness (QED) is 0.525. The molecule has 0 spiro atoms. The highest BCUT2D eigenvalue weighted by molar-refractivity contribution is 7.89. The Morgan fingerprint density at radius 2 is 1.79 bits per heavy atom. The van der Waals surface area contributed by atoms with Crippen LogP contribution in [-0.4, -0.2) is 57.3 Å². The Hall–Kier alpha value is -2.98. The van der Waals surface area contributed by atoms with E-state index in [4.69, 9.17) is 4.74 Å². The van der Waals surface area contributed by atoms with Crippen molar-refractivity contribution in [3.05, 3.63) is 59.4 Å².